The number of benzene rings is 5. The van der Waals surface area contributed by atoms with Gasteiger partial charge in [-0.15, -0.1) is 10.2 Å². The summed E-state index contributed by atoms with van der Waals surface area (Å²) in [6, 6.07) is 49.0. The SMILES string of the molecule is O=C(CCOCCOCCOCCOCCn1cc(Cn2ccnc2[N+](=O)[O-])nn1)Oc1ccccc1P(c1ccccc1)c1ccccc1.O=C(CCOCCOCCOCCOCCn1cc(Cn2ccnc2[N+](=O)[O-])nn1)SCP(c1ccccc1)c1ccccc1. The van der Waals surface area contributed by atoms with Crippen LogP contribution in [0.1, 0.15) is 24.2 Å². The number of carbonyl (C=O) groups is 2. The van der Waals surface area contributed by atoms with E-state index in [0.29, 0.717) is 136 Å². The quantitative estimate of drug-likeness (QED) is 0.00984. The summed E-state index contributed by atoms with van der Waals surface area (Å²) in [6.07, 6.45) is 9.73. The van der Waals surface area contributed by atoms with Crippen LogP contribution in [0.3, 0.4) is 0 Å². The standard InChI is InChI=1S/C35H39N6O8P.C30H37N6O7PS/c42-34(49-32-13-7-8-14-33(32)50(30-9-3-1-4-10-30)31-11-5-2-6-12-31)15-19-45-21-23-47-25-26-48-24-22-46-20-18-40-28-29(37-38-40)27-39-17-16-36-35(39)41(43)44;37-29(45-25-44(27-7-3-1-4-8-27)28-9-5-2-6-10-28)11-15-40-17-19-42-21-22-43-20-18-41-16-14-35-24-26(32-33-35)23-34-13-12-31-30(34)36(38)39/h1-14,16-17,28H,15,18-27H2;1-10,12-13,24H,11,14-23,25H2. The van der Waals surface area contributed by atoms with E-state index in [1.165, 1.54) is 66.9 Å². The molecular weight excluding hydrogens is 1280 g/mol. The van der Waals surface area contributed by atoms with Crippen LogP contribution < -0.4 is 31.3 Å². The molecule has 0 N–H and O–H groups in total. The summed E-state index contributed by atoms with van der Waals surface area (Å²) in [6.45, 7) is 7.81. The predicted molar refractivity (Wildman–Crippen MR) is 359 cm³/mol. The van der Waals surface area contributed by atoms with E-state index in [2.05, 4.69) is 79.1 Å². The number of rotatable bonds is 44. The molecule has 27 nitrogen and oxygen atoms in total. The Morgan fingerprint density at radius 2 is 0.821 bits per heavy atom. The van der Waals surface area contributed by atoms with Gasteiger partial charge in [-0.25, -0.2) is 18.5 Å². The molecule has 0 saturated carbocycles. The van der Waals surface area contributed by atoms with E-state index in [9.17, 15) is 29.8 Å². The van der Waals surface area contributed by atoms with Crippen molar-refractivity contribution in [2.75, 3.05) is 111 Å². The van der Waals surface area contributed by atoms with E-state index in [1.807, 2.05) is 97.1 Å². The summed E-state index contributed by atoms with van der Waals surface area (Å²) in [5.41, 5.74) is 1.92. The Bertz CT molecular complexity index is 3570. The molecule has 5 aromatic carbocycles. The van der Waals surface area contributed by atoms with Crippen molar-refractivity contribution in [2.45, 2.75) is 39.0 Å². The Morgan fingerprint density at radius 3 is 1.24 bits per heavy atom. The zero-order valence-electron chi connectivity index (χ0n) is 52.4. The Hall–Kier alpha value is -8.37. The van der Waals surface area contributed by atoms with Gasteiger partial charge in [-0.3, -0.25) is 9.59 Å². The van der Waals surface area contributed by atoms with Crippen molar-refractivity contribution in [3.63, 3.8) is 0 Å². The molecule has 30 heteroatoms. The third kappa shape index (κ3) is 26.0. The normalized spacial score (nSPS) is 11.3. The van der Waals surface area contributed by atoms with Crippen molar-refractivity contribution >= 4 is 77.1 Å². The molecule has 4 aromatic heterocycles. The van der Waals surface area contributed by atoms with Gasteiger partial charge in [-0.1, -0.05) is 172 Å². The molecule has 0 spiro atoms. The minimum absolute atomic E-state index is 0.125. The number of ether oxygens (including phenoxy) is 9. The summed E-state index contributed by atoms with van der Waals surface area (Å²) < 4.78 is 56.3. The minimum atomic E-state index is -0.910. The van der Waals surface area contributed by atoms with Crippen LogP contribution >= 0.6 is 27.6 Å². The Labute approximate surface area is 556 Å². The number of hydrogen-bond acceptors (Lipinski definition) is 22. The summed E-state index contributed by atoms with van der Waals surface area (Å²) in [5.74, 6) is -0.270. The first-order chi connectivity index (χ1) is 46.7. The third-order valence-electron chi connectivity index (χ3n) is 13.5. The Balaban J connectivity index is 0.000000245. The number of hydrogen-bond donors (Lipinski definition) is 0. The molecule has 0 aliphatic carbocycles. The third-order valence-corrected chi connectivity index (χ3v) is 19.9. The number of imidazole rings is 2. The van der Waals surface area contributed by atoms with Crippen LogP contribution in [0.2, 0.25) is 0 Å². The fourth-order valence-electron chi connectivity index (χ4n) is 8.94. The van der Waals surface area contributed by atoms with Gasteiger partial charge in [0, 0.05) is 17.2 Å². The van der Waals surface area contributed by atoms with E-state index >= 15 is 0 Å². The molecular formula is C65H76N12O15P2S. The zero-order chi connectivity index (χ0) is 66.3. The van der Waals surface area contributed by atoms with Crippen molar-refractivity contribution in [3.05, 3.63) is 214 Å². The second-order valence-electron chi connectivity index (χ2n) is 20.3. The first-order valence-electron chi connectivity index (χ1n) is 30.6. The number of esters is 1. The fraction of sp³-hybridized carbons (Fsp3) is 0.354. The van der Waals surface area contributed by atoms with E-state index in [4.69, 9.17) is 42.6 Å². The van der Waals surface area contributed by atoms with E-state index < -0.39 is 25.7 Å². The lowest BCUT2D eigenvalue weighted by Gasteiger charge is -2.21. The average Bonchev–Trinajstić information content (AvgIpc) is 1.72. The van der Waals surface area contributed by atoms with Gasteiger partial charge in [-0.2, -0.15) is 0 Å². The molecule has 0 unspecified atom stereocenters. The smallest absolute Gasteiger partial charge is 0.426 e. The van der Waals surface area contributed by atoms with Gasteiger partial charge in [0.05, 0.1) is 138 Å². The maximum Gasteiger partial charge on any atom is 0.434 e. The maximum atomic E-state index is 12.7. The van der Waals surface area contributed by atoms with Crippen LogP contribution in [-0.2, 0) is 73.7 Å². The van der Waals surface area contributed by atoms with Crippen LogP contribution in [0, 0.1) is 20.2 Å². The highest BCUT2D eigenvalue weighted by Crippen LogP contribution is 2.38. The summed E-state index contributed by atoms with van der Waals surface area (Å²) in [7, 11) is -1.51. The molecule has 0 atom stereocenters. The van der Waals surface area contributed by atoms with Gasteiger partial charge in [0.2, 0.25) is 0 Å². The zero-order valence-corrected chi connectivity index (χ0v) is 55.0. The molecule has 4 heterocycles. The fourth-order valence-corrected chi connectivity index (χ4v) is 15.2. The van der Waals surface area contributed by atoms with Gasteiger partial charge < -0.3 is 62.9 Å². The average molecular weight is 1360 g/mol. The van der Waals surface area contributed by atoms with Crippen molar-refractivity contribution in [1.29, 1.82) is 0 Å². The first kappa shape index (κ1) is 72.5. The van der Waals surface area contributed by atoms with Crippen molar-refractivity contribution in [2.24, 2.45) is 0 Å². The minimum Gasteiger partial charge on any atom is -0.426 e. The largest absolute Gasteiger partial charge is 0.434 e. The van der Waals surface area contributed by atoms with E-state index in [0.717, 1.165) is 10.8 Å². The molecule has 0 aliphatic heterocycles. The molecule has 9 aromatic rings. The van der Waals surface area contributed by atoms with Crippen LogP contribution in [0.4, 0.5) is 11.9 Å². The Kier molecular flexibility index (Phi) is 32.1. The number of nitrogens with zero attached hydrogens (tertiary/aromatic N) is 12. The van der Waals surface area contributed by atoms with Crippen LogP contribution in [0.5, 0.6) is 5.75 Å². The molecule has 0 bridgehead atoms. The summed E-state index contributed by atoms with van der Waals surface area (Å²) in [4.78, 5) is 53.5. The topological polar surface area (TPSA) is 301 Å². The molecule has 0 aliphatic rings. The van der Waals surface area contributed by atoms with Gasteiger partial charge in [0.25, 0.3) is 0 Å². The molecule has 95 heavy (non-hydrogen) atoms. The van der Waals surface area contributed by atoms with Crippen LogP contribution in [-0.4, -0.2) is 181 Å². The predicted octanol–water partition coefficient (Wildman–Crippen LogP) is 6.49. The van der Waals surface area contributed by atoms with E-state index in [1.54, 1.807) is 21.8 Å². The second kappa shape index (κ2) is 42.1. The van der Waals surface area contributed by atoms with E-state index in [-0.39, 0.29) is 49.1 Å². The molecule has 0 radical (unpaired) electrons. The van der Waals surface area contributed by atoms with Gasteiger partial charge in [-0.05, 0) is 53.0 Å². The summed E-state index contributed by atoms with van der Waals surface area (Å²) in [5, 5.41) is 44.1. The highest BCUT2D eigenvalue weighted by molar-refractivity contribution is 8.18. The van der Waals surface area contributed by atoms with Gasteiger partial charge in [0.1, 0.15) is 55.0 Å². The molecule has 9 rings (SSSR count). The Morgan fingerprint density at radius 1 is 0.453 bits per heavy atom. The number of aromatic nitrogens is 10. The van der Waals surface area contributed by atoms with Crippen molar-refractivity contribution < 1.29 is 62.1 Å². The summed E-state index contributed by atoms with van der Waals surface area (Å²) >= 11 is 1.38. The second-order valence-corrected chi connectivity index (χ2v) is 26.1. The molecule has 0 amide bonds. The van der Waals surface area contributed by atoms with Crippen molar-refractivity contribution in [3.8, 4) is 5.75 Å². The maximum absolute atomic E-state index is 12.7. The highest BCUT2D eigenvalue weighted by atomic mass is 32.2. The number of para-hydroxylation sites is 1. The number of nitro groups is 2. The lowest BCUT2D eigenvalue weighted by molar-refractivity contribution is -0.396. The molecule has 0 fully saturated rings. The van der Waals surface area contributed by atoms with Gasteiger partial charge in [0.15, 0.2) is 5.12 Å². The first-order valence-corrected chi connectivity index (χ1v) is 34.5. The highest BCUT2D eigenvalue weighted by Gasteiger charge is 2.23. The lowest BCUT2D eigenvalue weighted by Crippen LogP contribution is -2.23. The molecule has 0 saturated heterocycles. The van der Waals surface area contributed by atoms with Crippen molar-refractivity contribution in [1.82, 2.24) is 49.1 Å². The molecule has 502 valence electrons. The lowest BCUT2D eigenvalue weighted by atomic mass is 10.3. The number of thioether (sulfide) groups is 1. The van der Waals surface area contributed by atoms with Crippen LogP contribution in [0.25, 0.3) is 0 Å². The number of carbonyl (C=O) groups excluding carboxylic acids is 2. The van der Waals surface area contributed by atoms with Crippen LogP contribution in [0.15, 0.2) is 183 Å². The monoisotopic (exact) mass is 1360 g/mol. The van der Waals surface area contributed by atoms with Gasteiger partial charge >= 0.3 is 17.9 Å².